The number of hydrogen-bond donors (Lipinski definition) is 0. The van der Waals surface area contributed by atoms with Gasteiger partial charge in [0.15, 0.2) is 5.82 Å². The number of hydrogen-bond acceptors (Lipinski definition) is 4. The van der Waals surface area contributed by atoms with Crippen molar-refractivity contribution >= 4 is 10.2 Å². The molecular weight excluding hydrogens is 266 g/mol. The first-order valence-electron chi connectivity index (χ1n) is 6.44. The summed E-state index contributed by atoms with van der Waals surface area (Å²) >= 11 is 0. The SMILES string of the molecule is CC(C)n1cnnc1C1CCCN1S(=O)(=O)N(C)C. The van der Waals surface area contributed by atoms with E-state index in [1.165, 1.54) is 8.61 Å². The smallest absolute Gasteiger partial charge is 0.282 e. The van der Waals surface area contributed by atoms with Crippen LogP contribution in [0.1, 0.15) is 44.6 Å². The van der Waals surface area contributed by atoms with Gasteiger partial charge >= 0.3 is 0 Å². The van der Waals surface area contributed by atoms with E-state index in [-0.39, 0.29) is 12.1 Å². The number of rotatable bonds is 4. The summed E-state index contributed by atoms with van der Waals surface area (Å²) in [5.74, 6) is 0.734. The molecule has 19 heavy (non-hydrogen) atoms. The molecule has 1 atom stereocenters. The Morgan fingerprint density at radius 2 is 2.11 bits per heavy atom. The van der Waals surface area contributed by atoms with E-state index in [0.29, 0.717) is 6.54 Å². The van der Waals surface area contributed by atoms with Crippen molar-refractivity contribution in [1.82, 2.24) is 23.4 Å². The highest BCUT2D eigenvalue weighted by molar-refractivity contribution is 7.86. The topological polar surface area (TPSA) is 71.3 Å². The molecule has 8 heteroatoms. The lowest BCUT2D eigenvalue weighted by atomic mass is 10.2. The van der Waals surface area contributed by atoms with Gasteiger partial charge in [-0.05, 0) is 26.7 Å². The van der Waals surface area contributed by atoms with E-state index in [4.69, 9.17) is 0 Å². The summed E-state index contributed by atoms with van der Waals surface area (Å²) in [7, 11) is -0.302. The molecule has 0 aromatic carbocycles. The van der Waals surface area contributed by atoms with E-state index >= 15 is 0 Å². The van der Waals surface area contributed by atoms with Gasteiger partial charge in [-0.15, -0.1) is 10.2 Å². The number of nitrogens with zero attached hydrogens (tertiary/aromatic N) is 5. The Kier molecular flexibility index (Phi) is 3.93. The van der Waals surface area contributed by atoms with Crippen LogP contribution in [0.4, 0.5) is 0 Å². The molecule has 0 aliphatic carbocycles. The van der Waals surface area contributed by atoms with Crippen molar-refractivity contribution in [3.8, 4) is 0 Å². The summed E-state index contributed by atoms with van der Waals surface area (Å²) in [4.78, 5) is 0. The molecule has 2 rings (SSSR count). The Hall–Kier alpha value is -0.990. The van der Waals surface area contributed by atoms with E-state index < -0.39 is 10.2 Å². The maximum absolute atomic E-state index is 12.3. The van der Waals surface area contributed by atoms with E-state index in [9.17, 15) is 8.42 Å². The molecule has 108 valence electrons. The van der Waals surface area contributed by atoms with Crippen LogP contribution in [0, 0.1) is 0 Å². The standard InChI is InChI=1S/C11H21N5O2S/c1-9(2)15-8-12-13-11(15)10-6-5-7-16(10)19(17,18)14(3)4/h8-10H,5-7H2,1-4H3. The van der Waals surface area contributed by atoms with Crippen LogP contribution in [0.3, 0.4) is 0 Å². The van der Waals surface area contributed by atoms with Crippen molar-refractivity contribution < 1.29 is 8.42 Å². The van der Waals surface area contributed by atoms with Crippen LogP contribution in [0.25, 0.3) is 0 Å². The average Bonchev–Trinajstić information content (AvgIpc) is 2.97. The van der Waals surface area contributed by atoms with Crippen molar-refractivity contribution in [2.45, 2.75) is 38.8 Å². The lowest BCUT2D eigenvalue weighted by Gasteiger charge is -2.27. The van der Waals surface area contributed by atoms with Gasteiger partial charge in [0.1, 0.15) is 6.33 Å². The number of aromatic nitrogens is 3. The fraction of sp³-hybridized carbons (Fsp3) is 0.818. The van der Waals surface area contributed by atoms with Gasteiger partial charge in [0, 0.05) is 26.7 Å². The normalized spacial score (nSPS) is 21.7. The van der Waals surface area contributed by atoms with Gasteiger partial charge in [0.05, 0.1) is 6.04 Å². The van der Waals surface area contributed by atoms with Crippen molar-refractivity contribution in [3.63, 3.8) is 0 Å². The lowest BCUT2D eigenvalue weighted by molar-refractivity contribution is 0.340. The van der Waals surface area contributed by atoms with Gasteiger partial charge in [-0.3, -0.25) is 0 Å². The van der Waals surface area contributed by atoms with Crippen LogP contribution >= 0.6 is 0 Å². The molecule has 1 saturated heterocycles. The monoisotopic (exact) mass is 287 g/mol. The summed E-state index contributed by atoms with van der Waals surface area (Å²) in [6.07, 6.45) is 3.31. The molecule has 1 unspecified atom stereocenters. The summed E-state index contributed by atoms with van der Waals surface area (Å²) < 4.78 is 29.3. The molecule has 0 spiro atoms. The Bertz CT molecular complexity index is 537. The molecule has 1 aromatic heterocycles. The predicted molar refractivity (Wildman–Crippen MR) is 71.7 cm³/mol. The molecule has 1 aromatic rings. The van der Waals surface area contributed by atoms with Crippen molar-refractivity contribution in [2.24, 2.45) is 0 Å². The average molecular weight is 287 g/mol. The zero-order chi connectivity index (χ0) is 14.2. The summed E-state index contributed by atoms with van der Waals surface area (Å²) in [5.41, 5.74) is 0. The first-order chi connectivity index (χ1) is 8.85. The maximum atomic E-state index is 12.3. The highest BCUT2D eigenvalue weighted by Crippen LogP contribution is 2.34. The van der Waals surface area contributed by atoms with Gasteiger partial charge in [-0.2, -0.15) is 17.0 Å². The van der Waals surface area contributed by atoms with E-state index in [1.807, 2.05) is 18.4 Å². The van der Waals surface area contributed by atoms with Crippen molar-refractivity contribution in [3.05, 3.63) is 12.2 Å². The fourth-order valence-electron chi connectivity index (χ4n) is 2.37. The van der Waals surface area contributed by atoms with Crippen LogP contribution in [0.2, 0.25) is 0 Å². The molecular formula is C11H21N5O2S. The molecule has 1 fully saturated rings. The minimum absolute atomic E-state index is 0.211. The highest BCUT2D eigenvalue weighted by atomic mass is 32.2. The van der Waals surface area contributed by atoms with Gasteiger partial charge in [0.25, 0.3) is 10.2 Å². The second-order valence-electron chi connectivity index (χ2n) is 5.25. The minimum atomic E-state index is -3.41. The molecule has 1 aliphatic heterocycles. The van der Waals surface area contributed by atoms with Crippen LogP contribution < -0.4 is 0 Å². The molecule has 0 amide bonds. The summed E-state index contributed by atoms with van der Waals surface area (Å²) in [6.45, 7) is 4.61. The van der Waals surface area contributed by atoms with Gasteiger partial charge < -0.3 is 4.57 Å². The molecule has 0 radical (unpaired) electrons. The summed E-state index contributed by atoms with van der Waals surface area (Å²) in [5, 5.41) is 8.06. The summed E-state index contributed by atoms with van der Waals surface area (Å²) in [6, 6.07) is 0.00631. The van der Waals surface area contributed by atoms with E-state index in [0.717, 1.165) is 18.7 Å². The Balaban J connectivity index is 2.37. The largest absolute Gasteiger partial charge is 0.314 e. The Morgan fingerprint density at radius 1 is 1.42 bits per heavy atom. The van der Waals surface area contributed by atoms with E-state index in [2.05, 4.69) is 10.2 Å². The minimum Gasteiger partial charge on any atom is -0.314 e. The molecule has 0 saturated carbocycles. The van der Waals surface area contributed by atoms with Crippen molar-refractivity contribution in [2.75, 3.05) is 20.6 Å². The molecule has 7 nitrogen and oxygen atoms in total. The third-order valence-electron chi connectivity index (χ3n) is 3.42. The second kappa shape index (κ2) is 5.18. The van der Waals surface area contributed by atoms with Crippen LogP contribution in [-0.2, 0) is 10.2 Å². The molecule has 0 bridgehead atoms. The third kappa shape index (κ3) is 2.52. The fourth-order valence-corrected chi connectivity index (χ4v) is 3.67. The predicted octanol–water partition coefficient (Wildman–Crippen LogP) is 0.802. The quantitative estimate of drug-likeness (QED) is 0.821. The molecule has 2 heterocycles. The van der Waals surface area contributed by atoms with Crippen LogP contribution in [0.15, 0.2) is 6.33 Å². The van der Waals surface area contributed by atoms with Crippen LogP contribution in [0.5, 0.6) is 0 Å². The zero-order valence-electron chi connectivity index (χ0n) is 11.8. The Labute approximate surface area is 114 Å². The van der Waals surface area contributed by atoms with Gasteiger partial charge in [0.2, 0.25) is 0 Å². The van der Waals surface area contributed by atoms with Crippen molar-refractivity contribution in [1.29, 1.82) is 0 Å². The second-order valence-corrected chi connectivity index (χ2v) is 7.34. The third-order valence-corrected chi connectivity index (χ3v) is 5.37. The molecule has 1 aliphatic rings. The Morgan fingerprint density at radius 3 is 2.68 bits per heavy atom. The first kappa shape index (κ1) is 14.4. The molecule has 0 N–H and O–H groups in total. The highest BCUT2D eigenvalue weighted by Gasteiger charge is 2.39. The van der Waals surface area contributed by atoms with Crippen LogP contribution in [-0.4, -0.2) is 52.4 Å². The van der Waals surface area contributed by atoms with Gasteiger partial charge in [-0.25, -0.2) is 0 Å². The maximum Gasteiger partial charge on any atom is 0.282 e. The zero-order valence-corrected chi connectivity index (χ0v) is 12.6. The lowest BCUT2D eigenvalue weighted by Crippen LogP contribution is -2.40. The first-order valence-corrected chi connectivity index (χ1v) is 7.84. The van der Waals surface area contributed by atoms with E-state index in [1.54, 1.807) is 20.4 Å². The van der Waals surface area contributed by atoms with Gasteiger partial charge in [-0.1, -0.05) is 0 Å².